The van der Waals surface area contributed by atoms with Gasteiger partial charge in [-0.1, -0.05) is 23.9 Å². The van der Waals surface area contributed by atoms with Crippen molar-refractivity contribution in [2.75, 3.05) is 5.84 Å². The maximum atomic E-state index is 10.8. The van der Waals surface area contributed by atoms with Crippen LogP contribution in [0, 0.1) is 0 Å². The number of rotatable bonds is 5. The topological polar surface area (TPSA) is 94.0 Å². The summed E-state index contributed by atoms with van der Waals surface area (Å²) in [5.74, 6) is 7.05. The van der Waals surface area contributed by atoms with E-state index in [-0.39, 0.29) is 5.56 Å². The van der Waals surface area contributed by atoms with Crippen LogP contribution in [0.1, 0.15) is 40.5 Å². The molecule has 6 nitrogen and oxygen atoms in total. The summed E-state index contributed by atoms with van der Waals surface area (Å²) in [7, 11) is 0. The molecule has 1 heterocycles. The number of benzene rings is 1. The van der Waals surface area contributed by atoms with Crippen molar-refractivity contribution in [1.82, 2.24) is 14.9 Å². The van der Waals surface area contributed by atoms with Crippen LogP contribution in [0.4, 0.5) is 0 Å². The SMILES string of the molecule is Nn1c(SCc2ccc(C(=O)O)cc2)nnc1C1CC1. The molecule has 2 aromatic rings. The van der Waals surface area contributed by atoms with Gasteiger partial charge < -0.3 is 10.9 Å². The monoisotopic (exact) mass is 290 g/mol. The largest absolute Gasteiger partial charge is 0.478 e. The summed E-state index contributed by atoms with van der Waals surface area (Å²) < 4.78 is 1.56. The number of hydrogen-bond donors (Lipinski definition) is 2. The van der Waals surface area contributed by atoms with Gasteiger partial charge in [0.25, 0.3) is 0 Å². The number of carboxylic acid groups (broad SMARTS) is 1. The van der Waals surface area contributed by atoms with Crippen LogP contribution in [0.3, 0.4) is 0 Å². The lowest BCUT2D eigenvalue weighted by Crippen LogP contribution is -2.13. The summed E-state index contributed by atoms with van der Waals surface area (Å²) in [6.45, 7) is 0. The molecule has 0 spiro atoms. The van der Waals surface area contributed by atoms with Gasteiger partial charge in [0.15, 0.2) is 5.82 Å². The number of nitrogens with zero attached hydrogens (tertiary/aromatic N) is 3. The van der Waals surface area contributed by atoms with Crippen LogP contribution in [-0.2, 0) is 5.75 Å². The Bertz CT molecular complexity index is 634. The van der Waals surface area contributed by atoms with Gasteiger partial charge in [0, 0.05) is 11.7 Å². The zero-order valence-electron chi connectivity index (χ0n) is 10.7. The predicted octanol–water partition coefficient (Wildman–Crippen LogP) is 1.86. The van der Waals surface area contributed by atoms with Crippen molar-refractivity contribution in [3.05, 3.63) is 41.2 Å². The van der Waals surface area contributed by atoms with Crippen molar-refractivity contribution in [2.24, 2.45) is 0 Å². The van der Waals surface area contributed by atoms with Crippen LogP contribution in [0.2, 0.25) is 0 Å². The van der Waals surface area contributed by atoms with E-state index in [1.165, 1.54) is 11.8 Å². The predicted molar refractivity (Wildman–Crippen MR) is 75.1 cm³/mol. The van der Waals surface area contributed by atoms with E-state index in [0.717, 1.165) is 24.2 Å². The molecule has 0 radical (unpaired) electrons. The third kappa shape index (κ3) is 2.62. The van der Waals surface area contributed by atoms with Gasteiger partial charge in [-0.05, 0) is 30.5 Å². The Morgan fingerprint density at radius 2 is 2.05 bits per heavy atom. The third-order valence-corrected chi connectivity index (χ3v) is 4.22. The second-order valence-electron chi connectivity index (χ2n) is 4.78. The molecule has 1 aromatic heterocycles. The zero-order valence-corrected chi connectivity index (χ0v) is 11.5. The maximum absolute atomic E-state index is 10.8. The molecule has 7 heteroatoms. The van der Waals surface area contributed by atoms with Gasteiger partial charge in [0.05, 0.1) is 5.56 Å². The molecule has 1 aliphatic carbocycles. The van der Waals surface area contributed by atoms with Crippen molar-refractivity contribution >= 4 is 17.7 Å². The molecule has 1 fully saturated rings. The number of carboxylic acids is 1. The molecule has 104 valence electrons. The highest BCUT2D eigenvalue weighted by molar-refractivity contribution is 7.98. The first-order chi connectivity index (χ1) is 9.65. The van der Waals surface area contributed by atoms with Gasteiger partial charge in [-0.25, -0.2) is 9.47 Å². The fraction of sp³-hybridized carbons (Fsp3) is 0.308. The fourth-order valence-corrected chi connectivity index (χ4v) is 2.72. The molecule has 1 saturated carbocycles. The maximum Gasteiger partial charge on any atom is 0.335 e. The summed E-state index contributed by atoms with van der Waals surface area (Å²) in [5, 5.41) is 17.7. The molecule has 3 rings (SSSR count). The van der Waals surface area contributed by atoms with Gasteiger partial charge in [0.1, 0.15) is 0 Å². The van der Waals surface area contributed by atoms with Crippen LogP contribution in [0.5, 0.6) is 0 Å². The van der Waals surface area contributed by atoms with Crippen molar-refractivity contribution in [3.63, 3.8) is 0 Å². The lowest BCUT2D eigenvalue weighted by molar-refractivity contribution is 0.0697. The van der Waals surface area contributed by atoms with Gasteiger partial charge in [0.2, 0.25) is 5.16 Å². The van der Waals surface area contributed by atoms with E-state index < -0.39 is 5.97 Å². The van der Waals surface area contributed by atoms with Crippen LogP contribution in [0.15, 0.2) is 29.4 Å². The summed E-state index contributed by atoms with van der Waals surface area (Å²) in [5.41, 5.74) is 1.31. The second-order valence-corrected chi connectivity index (χ2v) is 5.72. The first-order valence-electron chi connectivity index (χ1n) is 6.30. The van der Waals surface area contributed by atoms with Gasteiger partial charge in [-0.3, -0.25) is 0 Å². The number of thioether (sulfide) groups is 1. The third-order valence-electron chi connectivity index (χ3n) is 3.20. The number of hydrogen-bond acceptors (Lipinski definition) is 5. The highest BCUT2D eigenvalue weighted by atomic mass is 32.2. The highest BCUT2D eigenvalue weighted by Crippen LogP contribution is 2.39. The Labute approximate surface area is 120 Å². The molecule has 0 atom stereocenters. The number of nitrogen functional groups attached to an aromatic ring is 1. The minimum Gasteiger partial charge on any atom is -0.478 e. The van der Waals surface area contributed by atoms with Crippen molar-refractivity contribution in [3.8, 4) is 0 Å². The van der Waals surface area contributed by atoms with Crippen LogP contribution < -0.4 is 5.84 Å². The Morgan fingerprint density at radius 1 is 1.35 bits per heavy atom. The van der Waals surface area contributed by atoms with E-state index in [2.05, 4.69) is 10.2 Å². The lowest BCUT2D eigenvalue weighted by atomic mass is 10.1. The standard InChI is InChI=1S/C13H14N4O2S/c14-17-11(9-5-6-9)15-16-13(17)20-7-8-1-3-10(4-2-8)12(18)19/h1-4,9H,5-7,14H2,(H,18,19). The molecule has 1 aromatic carbocycles. The summed E-state index contributed by atoms with van der Waals surface area (Å²) in [6.07, 6.45) is 2.27. The van der Waals surface area contributed by atoms with E-state index in [1.807, 2.05) is 0 Å². The average molecular weight is 290 g/mol. The number of aromatic carboxylic acids is 1. The molecule has 0 saturated heterocycles. The summed E-state index contributed by atoms with van der Waals surface area (Å²) in [4.78, 5) is 10.8. The molecule has 1 aliphatic rings. The zero-order chi connectivity index (χ0) is 14.1. The Balaban J connectivity index is 1.65. The quantitative estimate of drug-likeness (QED) is 0.645. The Hall–Kier alpha value is -2.02. The van der Waals surface area contributed by atoms with Gasteiger partial charge in [-0.2, -0.15) is 0 Å². The van der Waals surface area contributed by atoms with E-state index in [9.17, 15) is 4.79 Å². The second kappa shape index (κ2) is 5.16. The van der Waals surface area contributed by atoms with Crippen LogP contribution in [0.25, 0.3) is 0 Å². The van der Waals surface area contributed by atoms with E-state index >= 15 is 0 Å². The first-order valence-corrected chi connectivity index (χ1v) is 7.29. The van der Waals surface area contributed by atoms with Crippen molar-refractivity contribution in [2.45, 2.75) is 29.7 Å². The molecule has 0 amide bonds. The molecule has 20 heavy (non-hydrogen) atoms. The molecular formula is C13H14N4O2S. The average Bonchev–Trinajstić information content (AvgIpc) is 3.22. The Kier molecular flexibility index (Phi) is 3.35. The number of aromatic nitrogens is 3. The minimum atomic E-state index is -0.917. The molecule has 0 aliphatic heterocycles. The van der Waals surface area contributed by atoms with E-state index in [1.54, 1.807) is 28.9 Å². The number of carbonyl (C=O) groups is 1. The van der Waals surface area contributed by atoms with Crippen molar-refractivity contribution in [1.29, 1.82) is 0 Å². The van der Waals surface area contributed by atoms with E-state index in [4.69, 9.17) is 10.9 Å². The van der Waals surface area contributed by atoms with Gasteiger partial charge >= 0.3 is 5.97 Å². The molecule has 3 N–H and O–H groups in total. The molecule has 0 bridgehead atoms. The summed E-state index contributed by atoms with van der Waals surface area (Å²) in [6, 6.07) is 6.80. The van der Waals surface area contributed by atoms with E-state index in [0.29, 0.717) is 16.8 Å². The summed E-state index contributed by atoms with van der Waals surface area (Å²) >= 11 is 1.50. The molecule has 0 unspecified atom stereocenters. The highest BCUT2D eigenvalue weighted by Gasteiger charge is 2.29. The smallest absolute Gasteiger partial charge is 0.335 e. The minimum absolute atomic E-state index is 0.289. The fourth-order valence-electron chi connectivity index (χ4n) is 1.90. The Morgan fingerprint density at radius 3 is 2.65 bits per heavy atom. The van der Waals surface area contributed by atoms with Crippen LogP contribution >= 0.6 is 11.8 Å². The lowest BCUT2D eigenvalue weighted by Gasteiger charge is -2.03. The van der Waals surface area contributed by atoms with Crippen LogP contribution in [-0.4, -0.2) is 25.9 Å². The number of nitrogens with two attached hydrogens (primary N) is 1. The molecular weight excluding hydrogens is 276 g/mol. The normalized spacial score (nSPS) is 14.4. The first kappa shape index (κ1) is 13.0. The van der Waals surface area contributed by atoms with Gasteiger partial charge in [-0.15, -0.1) is 10.2 Å². The van der Waals surface area contributed by atoms with Crippen molar-refractivity contribution < 1.29 is 9.90 Å².